The lowest BCUT2D eigenvalue weighted by atomic mass is 10.1. The van der Waals surface area contributed by atoms with Gasteiger partial charge in [-0.05, 0) is 19.1 Å². The minimum absolute atomic E-state index is 0.888. The predicted molar refractivity (Wildman–Crippen MR) is 54.4 cm³/mol. The van der Waals surface area contributed by atoms with E-state index in [1.165, 1.54) is 6.21 Å². The van der Waals surface area contributed by atoms with E-state index < -0.39 is 0 Å². The van der Waals surface area contributed by atoms with Gasteiger partial charge >= 0.3 is 0 Å². The van der Waals surface area contributed by atoms with E-state index in [1.807, 2.05) is 37.3 Å². The van der Waals surface area contributed by atoms with Crippen LogP contribution in [0.1, 0.15) is 11.3 Å². The number of aryl methyl sites for hydroxylation is 1. The molecule has 2 heteroatoms. The number of hydrogen-bond donors (Lipinski definition) is 1. The van der Waals surface area contributed by atoms with Crippen molar-refractivity contribution in [1.29, 1.82) is 5.41 Å². The predicted octanol–water partition coefficient (Wildman–Crippen LogP) is 2.54. The molecule has 13 heavy (non-hydrogen) atoms. The monoisotopic (exact) mass is 170 g/mol. The molecule has 64 valence electrons. The standard InChI is InChI=1S/C11H10N2/c1-8-10(7-12)6-9-4-2-3-5-11(9)13-8/h2-7,12H,1H3. The van der Waals surface area contributed by atoms with Crippen LogP contribution in [0.4, 0.5) is 0 Å². The second-order valence-corrected chi connectivity index (χ2v) is 3.00. The summed E-state index contributed by atoms with van der Waals surface area (Å²) in [6, 6.07) is 9.93. The normalized spacial score (nSPS) is 10.2. The van der Waals surface area contributed by atoms with Gasteiger partial charge in [0.1, 0.15) is 0 Å². The molecule has 0 saturated carbocycles. The smallest absolute Gasteiger partial charge is 0.0705 e. The Labute approximate surface area is 76.7 Å². The SMILES string of the molecule is Cc1nc2ccccc2cc1C=N. The van der Waals surface area contributed by atoms with Crippen LogP contribution in [0.3, 0.4) is 0 Å². The van der Waals surface area contributed by atoms with E-state index in [-0.39, 0.29) is 0 Å². The lowest BCUT2D eigenvalue weighted by Crippen LogP contribution is -1.91. The largest absolute Gasteiger partial charge is 0.308 e. The second kappa shape index (κ2) is 2.98. The van der Waals surface area contributed by atoms with E-state index in [4.69, 9.17) is 5.41 Å². The summed E-state index contributed by atoms with van der Waals surface area (Å²) in [5.41, 5.74) is 2.79. The summed E-state index contributed by atoms with van der Waals surface area (Å²) < 4.78 is 0. The van der Waals surface area contributed by atoms with Crippen LogP contribution in [0.5, 0.6) is 0 Å². The van der Waals surface area contributed by atoms with Crippen molar-refractivity contribution in [1.82, 2.24) is 4.98 Å². The van der Waals surface area contributed by atoms with Crippen LogP contribution in [0, 0.1) is 12.3 Å². The van der Waals surface area contributed by atoms with Gasteiger partial charge in [0.25, 0.3) is 0 Å². The molecule has 0 aliphatic rings. The molecule has 0 atom stereocenters. The van der Waals surface area contributed by atoms with Gasteiger partial charge in [0.2, 0.25) is 0 Å². The molecule has 0 radical (unpaired) electrons. The Morgan fingerprint density at radius 1 is 1.31 bits per heavy atom. The highest BCUT2D eigenvalue weighted by Crippen LogP contribution is 2.14. The van der Waals surface area contributed by atoms with Crippen LogP contribution >= 0.6 is 0 Å². The third kappa shape index (κ3) is 1.31. The van der Waals surface area contributed by atoms with Crippen molar-refractivity contribution < 1.29 is 0 Å². The Kier molecular flexibility index (Phi) is 1.81. The van der Waals surface area contributed by atoms with Gasteiger partial charge in [-0.3, -0.25) is 4.98 Å². The number of nitrogens with one attached hydrogen (secondary N) is 1. The highest BCUT2D eigenvalue weighted by Gasteiger charge is 1.99. The molecule has 0 aliphatic carbocycles. The molecule has 2 rings (SSSR count). The Balaban J connectivity index is 2.81. The van der Waals surface area contributed by atoms with Crippen LogP contribution in [0.2, 0.25) is 0 Å². The molecule has 0 spiro atoms. The molecule has 0 amide bonds. The first kappa shape index (κ1) is 7.92. The molecule has 0 unspecified atom stereocenters. The van der Waals surface area contributed by atoms with E-state index in [1.54, 1.807) is 0 Å². The first-order valence-corrected chi connectivity index (χ1v) is 4.18. The van der Waals surface area contributed by atoms with Crippen LogP contribution in [-0.2, 0) is 0 Å². The van der Waals surface area contributed by atoms with Crippen molar-refractivity contribution in [2.24, 2.45) is 0 Å². The summed E-state index contributed by atoms with van der Waals surface area (Å²) in [4.78, 5) is 4.40. The Hall–Kier alpha value is -1.70. The fraction of sp³-hybridized carbons (Fsp3) is 0.0909. The Morgan fingerprint density at radius 2 is 2.08 bits per heavy atom. The van der Waals surface area contributed by atoms with Gasteiger partial charge in [-0.2, -0.15) is 0 Å². The quantitative estimate of drug-likeness (QED) is 0.656. The van der Waals surface area contributed by atoms with Gasteiger partial charge in [0, 0.05) is 22.9 Å². The number of rotatable bonds is 1. The molecule has 0 bridgehead atoms. The lowest BCUT2D eigenvalue weighted by Gasteiger charge is -2.01. The third-order valence-corrected chi connectivity index (χ3v) is 2.11. The van der Waals surface area contributed by atoms with Crippen molar-refractivity contribution in [3.63, 3.8) is 0 Å². The van der Waals surface area contributed by atoms with Gasteiger partial charge in [0.05, 0.1) is 5.52 Å². The topological polar surface area (TPSA) is 36.7 Å². The molecule has 0 fully saturated rings. The van der Waals surface area contributed by atoms with Crippen molar-refractivity contribution in [3.8, 4) is 0 Å². The molecule has 2 aromatic rings. The zero-order valence-corrected chi connectivity index (χ0v) is 7.41. The zero-order chi connectivity index (χ0) is 9.26. The Morgan fingerprint density at radius 3 is 2.85 bits per heavy atom. The van der Waals surface area contributed by atoms with E-state index in [2.05, 4.69) is 4.98 Å². The van der Waals surface area contributed by atoms with E-state index >= 15 is 0 Å². The third-order valence-electron chi connectivity index (χ3n) is 2.11. The summed E-state index contributed by atoms with van der Waals surface area (Å²) >= 11 is 0. The summed E-state index contributed by atoms with van der Waals surface area (Å²) in [7, 11) is 0. The van der Waals surface area contributed by atoms with Crippen LogP contribution < -0.4 is 0 Å². The molecular formula is C11H10N2. The maximum atomic E-state index is 7.19. The highest BCUT2D eigenvalue weighted by atomic mass is 14.7. The molecule has 0 aliphatic heterocycles. The summed E-state index contributed by atoms with van der Waals surface area (Å²) in [6.45, 7) is 1.92. The van der Waals surface area contributed by atoms with Crippen LogP contribution in [0.25, 0.3) is 10.9 Å². The fourth-order valence-electron chi connectivity index (χ4n) is 1.37. The van der Waals surface area contributed by atoms with Gasteiger partial charge in [-0.1, -0.05) is 18.2 Å². The number of benzene rings is 1. The summed E-state index contributed by atoms with van der Waals surface area (Å²) in [5, 5.41) is 8.28. The van der Waals surface area contributed by atoms with Gasteiger partial charge < -0.3 is 5.41 Å². The first-order chi connectivity index (χ1) is 6.31. The number of nitrogens with zero attached hydrogens (tertiary/aromatic N) is 1. The van der Waals surface area contributed by atoms with Crippen LogP contribution in [0.15, 0.2) is 30.3 Å². The number of para-hydroxylation sites is 1. The van der Waals surface area contributed by atoms with E-state index in [0.717, 1.165) is 22.2 Å². The van der Waals surface area contributed by atoms with Gasteiger partial charge in [-0.15, -0.1) is 0 Å². The van der Waals surface area contributed by atoms with Crippen molar-refractivity contribution in [3.05, 3.63) is 41.6 Å². The summed E-state index contributed by atoms with van der Waals surface area (Å²) in [6.07, 6.45) is 1.34. The molecule has 0 saturated heterocycles. The average molecular weight is 170 g/mol. The van der Waals surface area contributed by atoms with Gasteiger partial charge in [-0.25, -0.2) is 0 Å². The maximum Gasteiger partial charge on any atom is 0.0705 e. The van der Waals surface area contributed by atoms with E-state index in [0.29, 0.717) is 0 Å². The van der Waals surface area contributed by atoms with Gasteiger partial charge in [0.15, 0.2) is 0 Å². The summed E-state index contributed by atoms with van der Waals surface area (Å²) in [5.74, 6) is 0. The molecular weight excluding hydrogens is 160 g/mol. The molecule has 1 N–H and O–H groups in total. The molecule has 1 aromatic carbocycles. The number of aromatic nitrogens is 1. The van der Waals surface area contributed by atoms with Crippen molar-refractivity contribution >= 4 is 17.1 Å². The second-order valence-electron chi connectivity index (χ2n) is 3.00. The van der Waals surface area contributed by atoms with Crippen molar-refractivity contribution in [2.75, 3.05) is 0 Å². The number of pyridine rings is 1. The highest BCUT2D eigenvalue weighted by molar-refractivity contribution is 5.87. The Bertz CT molecular complexity index is 461. The number of hydrogen-bond acceptors (Lipinski definition) is 2. The molecule has 2 nitrogen and oxygen atoms in total. The molecule has 1 aromatic heterocycles. The number of fused-ring (bicyclic) bond motifs is 1. The average Bonchev–Trinajstić information content (AvgIpc) is 2.17. The minimum atomic E-state index is 0.888. The molecule has 1 heterocycles. The van der Waals surface area contributed by atoms with Crippen LogP contribution in [-0.4, -0.2) is 11.2 Å². The zero-order valence-electron chi connectivity index (χ0n) is 7.41. The first-order valence-electron chi connectivity index (χ1n) is 4.18. The maximum absolute atomic E-state index is 7.19. The minimum Gasteiger partial charge on any atom is -0.308 e. The lowest BCUT2D eigenvalue weighted by molar-refractivity contribution is 1.24. The van der Waals surface area contributed by atoms with E-state index in [9.17, 15) is 0 Å². The fourth-order valence-corrected chi connectivity index (χ4v) is 1.37. The van der Waals surface area contributed by atoms with Crippen molar-refractivity contribution in [2.45, 2.75) is 6.92 Å².